The van der Waals surface area contributed by atoms with E-state index in [0.717, 1.165) is 35.5 Å². The summed E-state index contributed by atoms with van der Waals surface area (Å²) >= 11 is 1.70. The standard InChI is InChI=1S/C23H25N3OS/c1-17(2)13-14-25-21(27)16-28-23(25)20-15-26(19-11-7-4-8-12-19)24-22(20)18-9-5-3-6-10-18/h3-12,15,17,23H,13-14,16H2,1-2H3/t23-/m0/s1. The van der Waals surface area contributed by atoms with Gasteiger partial charge in [0.25, 0.3) is 0 Å². The van der Waals surface area contributed by atoms with E-state index in [0.29, 0.717) is 11.7 Å². The molecule has 1 aliphatic heterocycles. The van der Waals surface area contributed by atoms with E-state index in [9.17, 15) is 4.79 Å². The molecule has 0 unspecified atom stereocenters. The molecule has 3 aromatic rings. The van der Waals surface area contributed by atoms with Gasteiger partial charge in [-0.25, -0.2) is 4.68 Å². The van der Waals surface area contributed by atoms with Crippen molar-refractivity contribution in [3.63, 3.8) is 0 Å². The molecule has 28 heavy (non-hydrogen) atoms. The molecule has 1 saturated heterocycles. The van der Waals surface area contributed by atoms with Gasteiger partial charge in [0.05, 0.1) is 17.1 Å². The third-order valence-corrected chi connectivity index (χ3v) is 6.23. The van der Waals surface area contributed by atoms with E-state index in [1.807, 2.05) is 46.0 Å². The van der Waals surface area contributed by atoms with Crippen LogP contribution in [0, 0.1) is 5.92 Å². The lowest BCUT2D eigenvalue weighted by Crippen LogP contribution is -2.30. The van der Waals surface area contributed by atoms with Gasteiger partial charge in [0.1, 0.15) is 5.37 Å². The van der Waals surface area contributed by atoms with Crippen molar-refractivity contribution >= 4 is 17.7 Å². The number of carbonyl (C=O) groups is 1. The maximum absolute atomic E-state index is 12.6. The zero-order valence-corrected chi connectivity index (χ0v) is 17.1. The first-order valence-corrected chi connectivity index (χ1v) is 10.8. The van der Waals surface area contributed by atoms with E-state index in [2.05, 4.69) is 44.3 Å². The summed E-state index contributed by atoms with van der Waals surface area (Å²) in [5.41, 5.74) is 4.16. The molecule has 2 heterocycles. The van der Waals surface area contributed by atoms with Crippen LogP contribution in [0.2, 0.25) is 0 Å². The van der Waals surface area contributed by atoms with E-state index < -0.39 is 0 Å². The van der Waals surface area contributed by atoms with Gasteiger partial charge in [0.2, 0.25) is 5.91 Å². The lowest BCUT2D eigenvalue weighted by molar-refractivity contribution is -0.128. The van der Waals surface area contributed by atoms with Crippen LogP contribution in [0.25, 0.3) is 16.9 Å². The van der Waals surface area contributed by atoms with Crippen molar-refractivity contribution in [2.75, 3.05) is 12.3 Å². The summed E-state index contributed by atoms with van der Waals surface area (Å²) in [4.78, 5) is 14.6. The second-order valence-corrected chi connectivity index (χ2v) is 8.58. The van der Waals surface area contributed by atoms with Gasteiger partial charge in [-0.3, -0.25) is 4.79 Å². The highest BCUT2D eigenvalue weighted by atomic mass is 32.2. The Bertz CT molecular complexity index is 937. The van der Waals surface area contributed by atoms with Gasteiger partial charge in [-0.1, -0.05) is 62.4 Å². The molecule has 0 radical (unpaired) electrons. The number of benzene rings is 2. The Hall–Kier alpha value is -2.53. The lowest BCUT2D eigenvalue weighted by atomic mass is 10.1. The Kier molecular flexibility index (Phi) is 5.53. The Morgan fingerprint density at radius 1 is 1.07 bits per heavy atom. The fourth-order valence-electron chi connectivity index (χ4n) is 3.45. The van der Waals surface area contributed by atoms with Gasteiger partial charge < -0.3 is 4.90 Å². The number of hydrogen-bond acceptors (Lipinski definition) is 3. The van der Waals surface area contributed by atoms with Crippen LogP contribution in [-0.2, 0) is 4.79 Å². The number of thioether (sulfide) groups is 1. The van der Waals surface area contributed by atoms with Crippen molar-refractivity contribution in [3.05, 3.63) is 72.4 Å². The highest BCUT2D eigenvalue weighted by Gasteiger charge is 2.35. The quantitative estimate of drug-likeness (QED) is 0.582. The molecule has 0 bridgehead atoms. The Labute approximate surface area is 170 Å². The molecule has 144 valence electrons. The van der Waals surface area contributed by atoms with Gasteiger partial charge in [0.15, 0.2) is 0 Å². The van der Waals surface area contributed by atoms with Gasteiger partial charge in [-0.05, 0) is 24.5 Å². The van der Waals surface area contributed by atoms with E-state index in [4.69, 9.17) is 5.10 Å². The number of para-hydroxylation sites is 1. The average Bonchev–Trinajstić information content (AvgIpc) is 3.31. The molecular formula is C23H25N3OS. The van der Waals surface area contributed by atoms with E-state index >= 15 is 0 Å². The van der Waals surface area contributed by atoms with Crippen molar-refractivity contribution < 1.29 is 4.79 Å². The molecule has 1 amide bonds. The average molecular weight is 392 g/mol. The number of nitrogens with zero attached hydrogens (tertiary/aromatic N) is 3. The molecule has 1 fully saturated rings. The molecule has 4 nitrogen and oxygen atoms in total. The molecule has 1 aromatic heterocycles. The molecule has 0 aliphatic carbocycles. The monoisotopic (exact) mass is 391 g/mol. The normalized spacial score (nSPS) is 16.9. The number of hydrogen-bond donors (Lipinski definition) is 0. The summed E-state index contributed by atoms with van der Waals surface area (Å²) in [6.07, 6.45) is 3.10. The van der Waals surface area contributed by atoms with E-state index in [1.165, 1.54) is 0 Å². The van der Waals surface area contributed by atoms with Crippen LogP contribution in [0.4, 0.5) is 0 Å². The predicted molar refractivity (Wildman–Crippen MR) is 115 cm³/mol. The zero-order valence-electron chi connectivity index (χ0n) is 16.3. The van der Waals surface area contributed by atoms with Crippen LogP contribution in [0.3, 0.4) is 0 Å². The molecule has 4 rings (SSSR count). The maximum Gasteiger partial charge on any atom is 0.233 e. The molecule has 0 saturated carbocycles. The first-order chi connectivity index (χ1) is 13.6. The van der Waals surface area contributed by atoms with Crippen LogP contribution in [0.5, 0.6) is 0 Å². The fraction of sp³-hybridized carbons (Fsp3) is 0.304. The highest BCUT2D eigenvalue weighted by Crippen LogP contribution is 2.42. The second-order valence-electron chi connectivity index (χ2n) is 7.51. The topological polar surface area (TPSA) is 38.1 Å². The Morgan fingerprint density at radius 2 is 1.75 bits per heavy atom. The predicted octanol–water partition coefficient (Wildman–Crippen LogP) is 5.16. The Morgan fingerprint density at radius 3 is 2.43 bits per heavy atom. The summed E-state index contributed by atoms with van der Waals surface area (Å²) < 4.78 is 1.93. The van der Waals surface area contributed by atoms with Crippen molar-refractivity contribution in [1.29, 1.82) is 0 Å². The summed E-state index contributed by atoms with van der Waals surface area (Å²) in [5.74, 6) is 1.33. The summed E-state index contributed by atoms with van der Waals surface area (Å²) in [7, 11) is 0. The Balaban J connectivity index is 1.76. The number of aromatic nitrogens is 2. The summed E-state index contributed by atoms with van der Waals surface area (Å²) in [5, 5.41) is 4.93. The van der Waals surface area contributed by atoms with Crippen molar-refractivity contribution in [2.24, 2.45) is 5.92 Å². The molecule has 1 atom stereocenters. The van der Waals surface area contributed by atoms with E-state index in [-0.39, 0.29) is 11.3 Å². The minimum absolute atomic E-state index is 0.0129. The summed E-state index contributed by atoms with van der Waals surface area (Å²) in [6, 6.07) is 20.4. The number of carbonyl (C=O) groups excluding carboxylic acids is 1. The number of rotatable bonds is 6. The molecule has 0 N–H and O–H groups in total. The van der Waals surface area contributed by atoms with Crippen LogP contribution < -0.4 is 0 Å². The largest absolute Gasteiger partial charge is 0.326 e. The molecule has 2 aromatic carbocycles. The summed E-state index contributed by atoms with van der Waals surface area (Å²) in [6.45, 7) is 5.19. The first-order valence-electron chi connectivity index (χ1n) is 9.75. The molecule has 1 aliphatic rings. The van der Waals surface area contributed by atoms with E-state index in [1.54, 1.807) is 11.8 Å². The lowest BCUT2D eigenvalue weighted by Gasteiger charge is -2.24. The third-order valence-electron chi connectivity index (χ3n) is 4.99. The van der Waals surface area contributed by atoms with Crippen molar-refractivity contribution in [3.8, 4) is 16.9 Å². The second kappa shape index (κ2) is 8.23. The fourth-order valence-corrected chi connectivity index (χ4v) is 4.67. The van der Waals surface area contributed by atoms with Crippen molar-refractivity contribution in [2.45, 2.75) is 25.6 Å². The van der Waals surface area contributed by atoms with Gasteiger partial charge >= 0.3 is 0 Å². The van der Waals surface area contributed by atoms with Gasteiger partial charge in [-0.15, -0.1) is 11.8 Å². The zero-order chi connectivity index (χ0) is 19.5. The van der Waals surface area contributed by atoms with Crippen LogP contribution in [-0.4, -0.2) is 32.9 Å². The SMILES string of the molecule is CC(C)CCN1C(=O)CS[C@H]1c1cn(-c2ccccc2)nc1-c1ccccc1. The minimum atomic E-state index is 0.0129. The van der Waals surface area contributed by atoms with Crippen LogP contribution in [0.15, 0.2) is 66.9 Å². The first kappa shape index (κ1) is 18.8. The maximum atomic E-state index is 12.6. The highest BCUT2D eigenvalue weighted by molar-refractivity contribution is 8.00. The van der Waals surface area contributed by atoms with Crippen molar-refractivity contribution in [1.82, 2.24) is 14.7 Å². The van der Waals surface area contributed by atoms with Crippen LogP contribution >= 0.6 is 11.8 Å². The minimum Gasteiger partial charge on any atom is -0.326 e. The molecule has 0 spiro atoms. The molecule has 5 heteroatoms. The van der Waals surface area contributed by atoms with Gasteiger partial charge in [0, 0.05) is 23.9 Å². The third kappa shape index (κ3) is 3.85. The number of amides is 1. The molecular weight excluding hydrogens is 366 g/mol. The van der Waals surface area contributed by atoms with Crippen LogP contribution in [0.1, 0.15) is 31.2 Å². The van der Waals surface area contributed by atoms with Gasteiger partial charge in [-0.2, -0.15) is 5.10 Å². The smallest absolute Gasteiger partial charge is 0.233 e.